The fraction of sp³-hybridized carbons (Fsp3) is 0.897. The molecule has 0 N–H and O–H groups in total. The molecule has 0 bridgehead atoms. The van der Waals surface area contributed by atoms with E-state index < -0.39 is 0 Å². The maximum Gasteiger partial charge on any atom is 0.140 e. The van der Waals surface area contributed by atoms with E-state index >= 15 is 0 Å². The molecule has 5 fully saturated rings. The van der Waals surface area contributed by atoms with Crippen LogP contribution in [0.4, 0.5) is 0 Å². The molecule has 0 aromatic rings. The number of rotatable bonds is 5. The second kappa shape index (κ2) is 6.95. The van der Waals surface area contributed by atoms with Gasteiger partial charge < -0.3 is 0 Å². The van der Waals surface area contributed by atoms with E-state index in [1.165, 1.54) is 51.4 Å². The zero-order valence-corrected chi connectivity index (χ0v) is 20.5. The van der Waals surface area contributed by atoms with Crippen LogP contribution in [0.2, 0.25) is 0 Å². The molecule has 0 amide bonds. The molecule has 0 heterocycles. The van der Waals surface area contributed by atoms with Gasteiger partial charge in [-0.2, -0.15) is 0 Å². The molecule has 5 aliphatic carbocycles. The Labute approximate surface area is 185 Å². The fourth-order valence-corrected chi connectivity index (χ4v) is 10.2. The van der Waals surface area contributed by atoms with Gasteiger partial charge in [-0.05, 0) is 110 Å². The number of carbonyl (C=O) groups is 1. The molecule has 0 aliphatic heterocycles. The Morgan fingerprint density at radius 3 is 2.43 bits per heavy atom. The summed E-state index contributed by atoms with van der Waals surface area (Å²) in [5, 5.41) is 0. The second-order valence-corrected chi connectivity index (χ2v) is 13.1. The first-order valence-electron chi connectivity index (χ1n) is 13.4. The van der Waals surface area contributed by atoms with E-state index in [0.717, 1.165) is 36.0 Å². The lowest BCUT2D eigenvalue weighted by atomic mass is 9.45. The van der Waals surface area contributed by atoms with Crippen LogP contribution < -0.4 is 0 Å². The van der Waals surface area contributed by atoms with Gasteiger partial charge in [0, 0.05) is 11.8 Å². The highest BCUT2D eigenvalue weighted by atomic mass is 16.1. The lowest BCUT2D eigenvalue weighted by Gasteiger charge is -2.58. The van der Waals surface area contributed by atoms with Crippen LogP contribution in [-0.2, 0) is 4.79 Å². The summed E-state index contributed by atoms with van der Waals surface area (Å²) in [7, 11) is 0. The van der Waals surface area contributed by atoms with Crippen molar-refractivity contribution < 1.29 is 4.79 Å². The molecule has 0 aromatic heterocycles. The summed E-state index contributed by atoms with van der Waals surface area (Å²) in [5.74, 6) is 6.69. The quantitative estimate of drug-likeness (QED) is 0.424. The van der Waals surface area contributed by atoms with Crippen LogP contribution in [0.25, 0.3) is 0 Å². The van der Waals surface area contributed by atoms with E-state index in [1.807, 2.05) is 0 Å². The normalized spacial score (nSPS) is 51.4. The van der Waals surface area contributed by atoms with Crippen molar-refractivity contribution in [2.45, 2.75) is 99.3 Å². The largest absolute Gasteiger partial charge is 0.299 e. The zero-order valence-electron chi connectivity index (χ0n) is 20.5. The number of ketones is 1. The van der Waals surface area contributed by atoms with E-state index in [0.29, 0.717) is 34.4 Å². The van der Waals surface area contributed by atoms with Crippen molar-refractivity contribution in [3.05, 3.63) is 12.2 Å². The first-order valence-corrected chi connectivity index (χ1v) is 13.4. The third kappa shape index (κ3) is 2.62. The van der Waals surface area contributed by atoms with Crippen molar-refractivity contribution in [2.24, 2.45) is 63.6 Å². The van der Waals surface area contributed by atoms with Gasteiger partial charge in [0.05, 0.1) is 0 Å². The van der Waals surface area contributed by atoms with Crippen molar-refractivity contribution >= 4 is 5.78 Å². The minimum atomic E-state index is 0.141. The number of fused-ring (bicyclic) bond motifs is 4. The van der Waals surface area contributed by atoms with E-state index in [1.54, 1.807) is 0 Å². The summed E-state index contributed by atoms with van der Waals surface area (Å²) in [5.41, 5.74) is 0.934. The molecule has 0 saturated heterocycles. The number of carbonyl (C=O) groups excluding carboxylic acids is 1. The van der Waals surface area contributed by atoms with Gasteiger partial charge in [0.2, 0.25) is 0 Å². The second-order valence-electron chi connectivity index (χ2n) is 13.1. The molecular formula is C29H46O. The molecule has 5 saturated carbocycles. The molecule has 1 nitrogen and oxygen atoms in total. The molecule has 30 heavy (non-hydrogen) atoms. The lowest BCUT2D eigenvalue weighted by Crippen LogP contribution is -2.55. The molecule has 5 aliphatic rings. The smallest absolute Gasteiger partial charge is 0.140 e. The summed E-state index contributed by atoms with van der Waals surface area (Å²) in [4.78, 5) is 13.5. The van der Waals surface area contributed by atoms with Gasteiger partial charge in [-0.15, -0.1) is 0 Å². The van der Waals surface area contributed by atoms with Gasteiger partial charge in [0.1, 0.15) is 5.78 Å². The number of hydrogen-bond donors (Lipinski definition) is 0. The number of hydrogen-bond acceptors (Lipinski definition) is 1. The van der Waals surface area contributed by atoms with Crippen molar-refractivity contribution in [1.29, 1.82) is 0 Å². The highest BCUT2D eigenvalue weighted by molar-refractivity contribution is 5.91. The predicted octanol–water partition coefficient (Wildman–Crippen LogP) is 7.70. The Morgan fingerprint density at radius 1 is 1.00 bits per heavy atom. The van der Waals surface area contributed by atoms with Crippen molar-refractivity contribution in [3.8, 4) is 0 Å². The molecule has 10 atom stereocenters. The average molecular weight is 411 g/mol. The van der Waals surface area contributed by atoms with E-state index in [2.05, 4.69) is 53.7 Å². The fourth-order valence-electron chi connectivity index (χ4n) is 10.2. The Bertz CT molecular complexity index is 735. The van der Waals surface area contributed by atoms with Crippen LogP contribution >= 0.6 is 0 Å². The van der Waals surface area contributed by atoms with Gasteiger partial charge in [-0.25, -0.2) is 0 Å². The molecule has 0 radical (unpaired) electrons. The van der Waals surface area contributed by atoms with Crippen molar-refractivity contribution in [3.63, 3.8) is 0 Å². The van der Waals surface area contributed by atoms with Crippen LogP contribution in [0.15, 0.2) is 12.2 Å². The maximum absolute atomic E-state index is 13.5. The minimum Gasteiger partial charge on any atom is -0.299 e. The van der Waals surface area contributed by atoms with Crippen LogP contribution in [0.3, 0.4) is 0 Å². The van der Waals surface area contributed by atoms with E-state index in [9.17, 15) is 4.79 Å². The molecule has 0 aromatic carbocycles. The molecule has 168 valence electrons. The minimum absolute atomic E-state index is 0.141. The summed E-state index contributed by atoms with van der Waals surface area (Å²) in [6.45, 7) is 14.7. The third-order valence-electron chi connectivity index (χ3n) is 12.0. The topological polar surface area (TPSA) is 17.1 Å². The third-order valence-corrected chi connectivity index (χ3v) is 12.0. The van der Waals surface area contributed by atoms with E-state index in [-0.39, 0.29) is 5.41 Å². The number of Topliss-reactive ketones (excluding diaryl/α,β-unsaturated/α-hetero) is 1. The molecule has 1 spiro atoms. The predicted molar refractivity (Wildman–Crippen MR) is 125 cm³/mol. The SMILES string of the molecule is CC[C@H](/C=C/[C@@H](C)[C@H]1CC[C@H]2[C@@H]3CC(=O)[C@@]45C[C@@H]4CC[C@]5(C)[C@H]3CC[C@]12C)C(C)C. The van der Waals surface area contributed by atoms with Gasteiger partial charge in [-0.3, -0.25) is 4.79 Å². The van der Waals surface area contributed by atoms with E-state index in [4.69, 9.17) is 0 Å². The van der Waals surface area contributed by atoms with Crippen molar-refractivity contribution in [1.82, 2.24) is 0 Å². The van der Waals surface area contributed by atoms with Gasteiger partial charge >= 0.3 is 0 Å². The summed E-state index contributed by atoms with van der Waals surface area (Å²) in [6, 6.07) is 0. The zero-order chi connectivity index (χ0) is 21.5. The van der Waals surface area contributed by atoms with Crippen LogP contribution in [0.5, 0.6) is 0 Å². The van der Waals surface area contributed by atoms with Gasteiger partial charge in [-0.1, -0.05) is 53.7 Å². The first-order chi connectivity index (χ1) is 14.2. The Kier molecular flexibility index (Phi) is 4.93. The Morgan fingerprint density at radius 2 is 1.77 bits per heavy atom. The lowest BCUT2D eigenvalue weighted by molar-refractivity contribution is -0.151. The highest BCUT2D eigenvalue weighted by Crippen LogP contribution is 2.80. The van der Waals surface area contributed by atoms with Crippen LogP contribution in [-0.4, -0.2) is 5.78 Å². The average Bonchev–Trinajstić information content (AvgIpc) is 3.22. The molecule has 5 rings (SSSR count). The molecular weight excluding hydrogens is 364 g/mol. The molecule has 1 heteroatoms. The highest BCUT2D eigenvalue weighted by Gasteiger charge is 2.77. The Hall–Kier alpha value is -0.590. The van der Waals surface area contributed by atoms with Gasteiger partial charge in [0.15, 0.2) is 0 Å². The van der Waals surface area contributed by atoms with Gasteiger partial charge in [0.25, 0.3) is 0 Å². The van der Waals surface area contributed by atoms with Crippen LogP contribution in [0.1, 0.15) is 99.3 Å². The van der Waals surface area contributed by atoms with Crippen LogP contribution in [0, 0.1) is 63.6 Å². The summed E-state index contributed by atoms with van der Waals surface area (Å²) >= 11 is 0. The monoisotopic (exact) mass is 410 g/mol. The van der Waals surface area contributed by atoms with Crippen molar-refractivity contribution in [2.75, 3.05) is 0 Å². The summed E-state index contributed by atoms with van der Waals surface area (Å²) in [6.07, 6.45) is 16.8. The molecule has 0 unspecified atom stereocenters. The summed E-state index contributed by atoms with van der Waals surface area (Å²) < 4.78 is 0. The standard InChI is InChI=1S/C29H46O/c1-7-20(18(2)3)9-8-19(4)23-10-11-24-22-16-26(30)29-17-21(29)12-15-28(29,6)25(22)13-14-27(23,24)5/h8-9,18-25H,7,10-17H2,1-6H3/b9-8+/t19-,20-,21+,22+,23-,24+,25+,27-,28-,29-/m1/s1. The first kappa shape index (κ1) is 21.3. The maximum atomic E-state index is 13.5. The Balaban J connectivity index is 1.37. The number of allylic oxidation sites excluding steroid dienone is 2.